The number of hydrogen-bond donors (Lipinski definition) is 2. The van der Waals surface area contributed by atoms with E-state index in [1.54, 1.807) is 11.3 Å². The van der Waals surface area contributed by atoms with Crippen LogP contribution in [0, 0.1) is 0 Å². The van der Waals surface area contributed by atoms with E-state index in [0.717, 1.165) is 80.7 Å². The third-order valence-corrected chi connectivity index (χ3v) is 9.09. The first-order valence-electron chi connectivity index (χ1n) is 13.9. The van der Waals surface area contributed by atoms with E-state index in [2.05, 4.69) is 56.6 Å². The minimum atomic E-state index is 0.0273. The molecular formula is C33H30N6OS. The predicted molar refractivity (Wildman–Crippen MR) is 166 cm³/mol. The summed E-state index contributed by atoms with van der Waals surface area (Å²) in [4.78, 5) is 29.1. The van der Waals surface area contributed by atoms with Crippen molar-refractivity contribution in [1.29, 1.82) is 0 Å². The number of nitrogens with one attached hydrogen (secondary N) is 1. The van der Waals surface area contributed by atoms with Gasteiger partial charge in [0.25, 0.3) is 5.91 Å². The second-order valence-electron chi connectivity index (χ2n) is 10.5. The molecule has 41 heavy (non-hydrogen) atoms. The number of nitrogen functional groups attached to an aromatic ring is 1. The van der Waals surface area contributed by atoms with Gasteiger partial charge in [-0.2, -0.15) is 0 Å². The Balaban J connectivity index is 1.33. The van der Waals surface area contributed by atoms with Crippen LogP contribution >= 0.6 is 11.3 Å². The van der Waals surface area contributed by atoms with Crippen molar-refractivity contribution < 1.29 is 4.79 Å². The van der Waals surface area contributed by atoms with Crippen molar-refractivity contribution in [2.24, 2.45) is 0 Å². The molecule has 0 spiro atoms. The number of aromatic nitrogens is 2. The number of hydrogen-bond acceptors (Lipinski definition) is 7. The van der Waals surface area contributed by atoms with Gasteiger partial charge in [-0.1, -0.05) is 36.4 Å². The molecule has 0 unspecified atom stereocenters. The standard InChI is InChI=1S/C33H30N6OS/c34-27-7-5-22(6-8-27)31-17-25-15-24-16-28(38-13-11-35-12-14-38)9-10-30(24)39(33(40)32(25)41-31)20-23-3-1-2-4-29(23)26-18-36-21-37-19-26/h1-10,16-19,21,35H,11-15,20,34H2. The Morgan fingerprint density at radius 1 is 0.878 bits per heavy atom. The monoisotopic (exact) mass is 558 g/mol. The van der Waals surface area contributed by atoms with Crippen LogP contribution in [0.15, 0.2) is 91.5 Å². The summed E-state index contributed by atoms with van der Waals surface area (Å²) in [6.07, 6.45) is 5.88. The van der Waals surface area contributed by atoms with Crippen molar-refractivity contribution in [3.05, 3.63) is 113 Å². The molecule has 3 N–H and O–H groups in total. The summed E-state index contributed by atoms with van der Waals surface area (Å²) in [6, 6.07) is 24.8. The van der Waals surface area contributed by atoms with Crippen LogP contribution in [0.2, 0.25) is 0 Å². The topological polar surface area (TPSA) is 87.4 Å². The Labute approximate surface area is 243 Å². The molecule has 0 aliphatic carbocycles. The van der Waals surface area contributed by atoms with Gasteiger partial charge in [-0.3, -0.25) is 4.79 Å². The maximum absolute atomic E-state index is 14.4. The molecular weight excluding hydrogens is 528 g/mol. The van der Waals surface area contributed by atoms with Gasteiger partial charge in [0.2, 0.25) is 0 Å². The smallest absolute Gasteiger partial charge is 0.268 e. The lowest BCUT2D eigenvalue weighted by Crippen LogP contribution is -2.43. The Morgan fingerprint density at radius 3 is 2.46 bits per heavy atom. The van der Waals surface area contributed by atoms with E-state index in [0.29, 0.717) is 13.0 Å². The third-order valence-electron chi connectivity index (χ3n) is 7.88. The van der Waals surface area contributed by atoms with Crippen LogP contribution in [0.5, 0.6) is 0 Å². The molecule has 8 heteroatoms. The number of thiophene rings is 1. The Bertz CT molecular complexity index is 1710. The Hall–Kier alpha value is -4.53. The molecule has 1 saturated heterocycles. The van der Waals surface area contributed by atoms with Gasteiger partial charge in [-0.25, -0.2) is 9.97 Å². The fourth-order valence-corrected chi connectivity index (χ4v) is 6.90. The first-order valence-corrected chi connectivity index (χ1v) is 14.7. The van der Waals surface area contributed by atoms with E-state index in [1.807, 2.05) is 53.7 Å². The van der Waals surface area contributed by atoms with Gasteiger partial charge in [0.05, 0.1) is 11.4 Å². The van der Waals surface area contributed by atoms with Gasteiger partial charge in [-0.05, 0) is 64.2 Å². The highest BCUT2D eigenvalue weighted by Crippen LogP contribution is 2.41. The van der Waals surface area contributed by atoms with Crippen LogP contribution in [0.1, 0.15) is 26.4 Å². The van der Waals surface area contributed by atoms with Crippen molar-refractivity contribution >= 4 is 34.3 Å². The fraction of sp³-hybridized carbons (Fsp3) is 0.182. The zero-order valence-electron chi connectivity index (χ0n) is 22.6. The minimum Gasteiger partial charge on any atom is -0.399 e. The van der Waals surface area contributed by atoms with E-state index in [9.17, 15) is 4.79 Å². The fourth-order valence-electron chi connectivity index (χ4n) is 5.77. The number of amides is 1. The van der Waals surface area contributed by atoms with Crippen LogP contribution in [0.4, 0.5) is 17.1 Å². The number of carbonyl (C=O) groups excluding carboxylic acids is 1. The van der Waals surface area contributed by atoms with Gasteiger partial charge in [-0.15, -0.1) is 11.3 Å². The molecule has 0 atom stereocenters. The van der Waals surface area contributed by atoms with E-state index in [1.165, 1.54) is 12.0 Å². The zero-order valence-corrected chi connectivity index (χ0v) is 23.4. The quantitative estimate of drug-likeness (QED) is 0.273. The predicted octanol–water partition coefficient (Wildman–Crippen LogP) is 5.62. The summed E-state index contributed by atoms with van der Waals surface area (Å²) in [5.74, 6) is 0.0273. The minimum absolute atomic E-state index is 0.0273. The lowest BCUT2D eigenvalue weighted by molar-refractivity contribution is 0.0989. The van der Waals surface area contributed by atoms with Crippen LogP contribution in [0.3, 0.4) is 0 Å². The molecule has 0 saturated carbocycles. The van der Waals surface area contributed by atoms with Crippen LogP contribution < -0.4 is 20.9 Å². The normalized spacial score (nSPS) is 14.9. The average Bonchev–Trinajstić information content (AvgIpc) is 3.41. The number of piperazine rings is 1. The van der Waals surface area contributed by atoms with Gasteiger partial charge in [0.15, 0.2) is 0 Å². The van der Waals surface area contributed by atoms with Gasteiger partial charge in [0, 0.05) is 72.5 Å². The van der Waals surface area contributed by atoms with E-state index in [-0.39, 0.29) is 5.91 Å². The summed E-state index contributed by atoms with van der Waals surface area (Å²) in [5, 5.41) is 3.44. The van der Waals surface area contributed by atoms with Crippen molar-refractivity contribution in [3.8, 4) is 21.6 Å². The lowest BCUT2D eigenvalue weighted by Gasteiger charge is -2.31. The molecule has 5 aromatic rings. The summed E-state index contributed by atoms with van der Waals surface area (Å²) < 4.78 is 0. The molecule has 0 bridgehead atoms. The van der Waals surface area contributed by atoms with E-state index >= 15 is 0 Å². The van der Waals surface area contributed by atoms with Crippen molar-refractivity contribution in [2.75, 3.05) is 41.7 Å². The van der Waals surface area contributed by atoms with Gasteiger partial charge >= 0.3 is 0 Å². The average molecular weight is 559 g/mol. The molecule has 1 amide bonds. The maximum Gasteiger partial charge on any atom is 0.268 e. The molecule has 7 nitrogen and oxygen atoms in total. The molecule has 7 rings (SSSR count). The van der Waals surface area contributed by atoms with Gasteiger partial charge in [0.1, 0.15) is 6.33 Å². The molecule has 3 aromatic carbocycles. The van der Waals surface area contributed by atoms with Crippen LogP contribution in [-0.4, -0.2) is 42.1 Å². The SMILES string of the molecule is Nc1ccc(-c2cc3c(s2)C(=O)N(Cc2ccccc2-c2cncnc2)c2ccc(N4CCNCC4)cc2C3)cc1. The lowest BCUT2D eigenvalue weighted by atomic mass is 10.0. The van der Waals surface area contributed by atoms with Crippen molar-refractivity contribution in [2.45, 2.75) is 13.0 Å². The Morgan fingerprint density at radius 2 is 1.66 bits per heavy atom. The second kappa shape index (κ2) is 10.8. The molecule has 2 aliphatic rings. The highest BCUT2D eigenvalue weighted by molar-refractivity contribution is 7.17. The Kier molecular flexibility index (Phi) is 6.70. The first kappa shape index (κ1) is 25.4. The highest BCUT2D eigenvalue weighted by Gasteiger charge is 2.30. The molecule has 4 heterocycles. The first-order chi connectivity index (χ1) is 20.1. The maximum atomic E-state index is 14.4. The van der Waals surface area contributed by atoms with Crippen LogP contribution in [0.25, 0.3) is 21.6 Å². The van der Waals surface area contributed by atoms with Crippen molar-refractivity contribution in [3.63, 3.8) is 0 Å². The molecule has 1 fully saturated rings. The summed E-state index contributed by atoms with van der Waals surface area (Å²) in [6.45, 7) is 4.33. The molecule has 2 aromatic heterocycles. The molecule has 0 radical (unpaired) electrons. The number of benzene rings is 3. The summed E-state index contributed by atoms with van der Waals surface area (Å²) in [5.41, 5.74) is 15.1. The highest BCUT2D eigenvalue weighted by atomic mass is 32.1. The number of fused-ring (bicyclic) bond motifs is 2. The number of nitrogens with two attached hydrogens (primary N) is 1. The van der Waals surface area contributed by atoms with E-state index < -0.39 is 0 Å². The number of nitrogens with zero attached hydrogens (tertiary/aromatic N) is 4. The third kappa shape index (κ3) is 4.96. The largest absolute Gasteiger partial charge is 0.399 e. The van der Waals surface area contributed by atoms with Crippen LogP contribution in [-0.2, 0) is 13.0 Å². The number of anilines is 3. The number of rotatable bonds is 5. The van der Waals surface area contributed by atoms with Crippen molar-refractivity contribution in [1.82, 2.24) is 15.3 Å². The zero-order chi connectivity index (χ0) is 27.8. The summed E-state index contributed by atoms with van der Waals surface area (Å²) in [7, 11) is 0. The molecule has 204 valence electrons. The second-order valence-corrected chi connectivity index (χ2v) is 11.5. The number of carbonyl (C=O) groups is 1. The molecule has 2 aliphatic heterocycles. The van der Waals surface area contributed by atoms with Gasteiger partial charge < -0.3 is 20.9 Å². The van der Waals surface area contributed by atoms with E-state index in [4.69, 9.17) is 5.73 Å². The summed E-state index contributed by atoms with van der Waals surface area (Å²) >= 11 is 1.56.